The summed E-state index contributed by atoms with van der Waals surface area (Å²) >= 11 is 1.79. The maximum absolute atomic E-state index is 9.72. The third kappa shape index (κ3) is 3.09. The predicted octanol–water partition coefficient (Wildman–Crippen LogP) is 3.32. The van der Waals surface area contributed by atoms with Crippen molar-refractivity contribution in [1.29, 1.82) is 0 Å². The lowest BCUT2D eigenvalue weighted by molar-refractivity contribution is 0.454. The van der Waals surface area contributed by atoms with Crippen molar-refractivity contribution in [1.82, 2.24) is 10.3 Å². The number of pyridine rings is 1. The number of thiophene rings is 1. The third-order valence-corrected chi connectivity index (χ3v) is 4.04. The Morgan fingerprint density at radius 3 is 2.72 bits per heavy atom. The molecular formula is C14H18N2OS. The van der Waals surface area contributed by atoms with E-state index in [1.807, 2.05) is 13.0 Å². The molecule has 0 aliphatic carbocycles. The van der Waals surface area contributed by atoms with Gasteiger partial charge in [0, 0.05) is 28.0 Å². The maximum Gasteiger partial charge on any atom is 0.138 e. The summed E-state index contributed by atoms with van der Waals surface area (Å²) in [7, 11) is 0. The van der Waals surface area contributed by atoms with Crippen molar-refractivity contribution >= 4 is 11.3 Å². The normalized spacial score (nSPS) is 12.6. The summed E-state index contributed by atoms with van der Waals surface area (Å²) in [4.78, 5) is 6.95. The van der Waals surface area contributed by atoms with Gasteiger partial charge < -0.3 is 10.4 Å². The standard InChI is InChI=1S/C14H18N2OS/c1-9-4-6-13(17)12(16-9)8-15-11(3)14-7-5-10(2)18-14/h4-7,11,15,17H,8H2,1-3H3. The molecule has 0 bridgehead atoms. The van der Waals surface area contributed by atoms with Gasteiger partial charge in [0.1, 0.15) is 5.75 Å². The zero-order valence-corrected chi connectivity index (χ0v) is 11.7. The van der Waals surface area contributed by atoms with E-state index in [0.29, 0.717) is 12.2 Å². The van der Waals surface area contributed by atoms with Gasteiger partial charge in [0.05, 0.1) is 5.69 Å². The van der Waals surface area contributed by atoms with Crippen molar-refractivity contribution in [2.45, 2.75) is 33.4 Å². The molecule has 96 valence electrons. The van der Waals surface area contributed by atoms with E-state index in [-0.39, 0.29) is 11.8 Å². The Morgan fingerprint density at radius 1 is 1.28 bits per heavy atom. The van der Waals surface area contributed by atoms with Crippen LogP contribution >= 0.6 is 11.3 Å². The first-order valence-corrected chi connectivity index (χ1v) is 6.83. The van der Waals surface area contributed by atoms with Crippen LogP contribution in [0, 0.1) is 13.8 Å². The molecule has 0 aromatic carbocycles. The van der Waals surface area contributed by atoms with E-state index in [2.05, 4.69) is 36.3 Å². The monoisotopic (exact) mass is 262 g/mol. The van der Waals surface area contributed by atoms with Gasteiger partial charge in [0.2, 0.25) is 0 Å². The zero-order valence-electron chi connectivity index (χ0n) is 10.9. The third-order valence-electron chi connectivity index (χ3n) is 2.85. The molecule has 2 heterocycles. The van der Waals surface area contributed by atoms with Crippen LogP contribution in [-0.2, 0) is 6.54 Å². The molecule has 0 radical (unpaired) electrons. The van der Waals surface area contributed by atoms with Crippen LogP contribution in [0.15, 0.2) is 24.3 Å². The number of rotatable bonds is 4. The van der Waals surface area contributed by atoms with E-state index in [1.165, 1.54) is 9.75 Å². The van der Waals surface area contributed by atoms with E-state index < -0.39 is 0 Å². The Labute approximate surface area is 112 Å². The fraction of sp³-hybridized carbons (Fsp3) is 0.357. The summed E-state index contributed by atoms with van der Waals surface area (Å²) in [6.07, 6.45) is 0. The topological polar surface area (TPSA) is 45.1 Å². The minimum absolute atomic E-state index is 0.252. The summed E-state index contributed by atoms with van der Waals surface area (Å²) in [6.45, 7) is 6.73. The van der Waals surface area contributed by atoms with Gasteiger partial charge in [-0.25, -0.2) is 0 Å². The first-order chi connectivity index (χ1) is 8.56. The SMILES string of the molecule is Cc1ccc(O)c(CNC(C)c2ccc(C)s2)n1. The van der Waals surface area contributed by atoms with Crippen LogP contribution in [0.2, 0.25) is 0 Å². The summed E-state index contributed by atoms with van der Waals surface area (Å²) in [5, 5.41) is 13.1. The molecule has 3 nitrogen and oxygen atoms in total. The highest BCUT2D eigenvalue weighted by Crippen LogP contribution is 2.23. The molecule has 0 saturated carbocycles. The van der Waals surface area contributed by atoms with Crippen molar-refractivity contribution in [2.75, 3.05) is 0 Å². The summed E-state index contributed by atoms with van der Waals surface area (Å²) in [6, 6.07) is 8.04. The Hall–Kier alpha value is -1.39. The Kier molecular flexibility index (Phi) is 3.99. The van der Waals surface area contributed by atoms with Gasteiger partial charge in [0.15, 0.2) is 0 Å². The van der Waals surface area contributed by atoms with Crippen LogP contribution < -0.4 is 5.32 Å². The molecule has 2 aromatic heterocycles. The second kappa shape index (κ2) is 5.50. The lowest BCUT2D eigenvalue weighted by Crippen LogP contribution is -2.18. The highest BCUT2D eigenvalue weighted by atomic mass is 32.1. The molecule has 0 spiro atoms. The van der Waals surface area contributed by atoms with E-state index >= 15 is 0 Å². The maximum atomic E-state index is 9.72. The number of nitrogens with zero attached hydrogens (tertiary/aromatic N) is 1. The fourth-order valence-electron chi connectivity index (χ4n) is 1.77. The molecule has 0 fully saturated rings. The van der Waals surface area contributed by atoms with Gasteiger partial charge in [-0.1, -0.05) is 0 Å². The molecular weight excluding hydrogens is 244 g/mol. The van der Waals surface area contributed by atoms with Crippen molar-refractivity contribution in [3.63, 3.8) is 0 Å². The molecule has 4 heteroatoms. The number of aromatic hydroxyl groups is 1. The highest BCUT2D eigenvalue weighted by Gasteiger charge is 2.09. The Bertz CT molecular complexity index is 536. The highest BCUT2D eigenvalue weighted by molar-refractivity contribution is 7.12. The second-order valence-electron chi connectivity index (χ2n) is 4.47. The van der Waals surface area contributed by atoms with Crippen molar-refractivity contribution < 1.29 is 5.11 Å². The molecule has 0 aliphatic rings. The average molecular weight is 262 g/mol. The Balaban J connectivity index is 2.01. The summed E-state index contributed by atoms with van der Waals surface area (Å²) < 4.78 is 0. The van der Waals surface area contributed by atoms with Crippen molar-refractivity contribution in [2.24, 2.45) is 0 Å². The number of aryl methyl sites for hydroxylation is 2. The molecule has 0 aliphatic heterocycles. The first-order valence-electron chi connectivity index (χ1n) is 6.01. The van der Waals surface area contributed by atoms with Crippen molar-refractivity contribution in [3.05, 3.63) is 45.4 Å². The van der Waals surface area contributed by atoms with Gasteiger partial charge >= 0.3 is 0 Å². The molecule has 0 amide bonds. The van der Waals surface area contributed by atoms with Crippen LogP contribution in [0.4, 0.5) is 0 Å². The van der Waals surface area contributed by atoms with Crippen LogP contribution in [-0.4, -0.2) is 10.1 Å². The molecule has 2 N–H and O–H groups in total. The van der Waals surface area contributed by atoms with Crippen molar-refractivity contribution in [3.8, 4) is 5.75 Å². The number of nitrogens with one attached hydrogen (secondary N) is 1. The lowest BCUT2D eigenvalue weighted by atomic mass is 10.2. The smallest absolute Gasteiger partial charge is 0.138 e. The number of aromatic nitrogens is 1. The van der Waals surface area contributed by atoms with Gasteiger partial charge in [0.25, 0.3) is 0 Å². The predicted molar refractivity (Wildman–Crippen MR) is 74.9 cm³/mol. The average Bonchev–Trinajstić information content (AvgIpc) is 2.77. The minimum atomic E-state index is 0.252. The molecule has 1 atom stereocenters. The number of hydrogen-bond acceptors (Lipinski definition) is 4. The van der Waals surface area contributed by atoms with E-state index in [4.69, 9.17) is 0 Å². The second-order valence-corrected chi connectivity index (χ2v) is 5.79. The Morgan fingerprint density at radius 2 is 2.06 bits per heavy atom. The van der Waals surface area contributed by atoms with Gasteiger partial charge in [-0.15, -0.1) is 11.3 Å². The minimum Gasteiger partial charge on any atom is -0.506 e. The molecule has 2 aromatic rings. The van der Waals surface area contributed by atoms with E-state index in [9.17, 15) is 5.11 Å². The van der Waals surface area contributed by atoms with Gasteiger partial charge in [-0.05, 0) is 45.0 Å². The lowest BCUT2D eigenvalue weighted by Gasteiger charge is -2.12. The zero-order chi connectivity index (χ0) is 13.1. The van der Waals surface area contributed by atoms with Crippen LogP contribution in [0.3, 0.4) is 0 Å². The van der Waals surface area contributed by atoms with E-state index in [1.54, 1.807) is 17.4 Å². The quantitative estimate of drug-likeness (QED) is 0.888. The van der Waals surface area contributed by atoms with Gasteiger partial charge in [-0.3, -0.25) is 4.98 Å². The van der Waals surface area contributed by atoms with Crippen LogP contribution in [0.1, 0.15) is 34.1 Å². The largest absolute Gasteiger partial charge is 0.506 e. The van der Waals surface area contributed by atoms with Gasteiger partial charge in [-0.2, -0.15) is 0 Å². The summed E-state index contributed by atoms with van der Waals surface area (Å²) in [5.74, 6) is 0.252. The fourth-order valence-corrected chi connectivity index (χ4v) is 2.67. The van der Waals surface area contributed by atoms with Crippen LogP contribution in [0.5, 0.6) is 5.75 Å². The molecule has 2 rings (SSSR count). The van der Waals surface area contributed by atoms with Crippen LogP contribution in [0.25, 0.3) is 0 Å². The number of hydrogen-bond donors (Lipinski definition) is 2. The molecule has 18 heavy (non-hydrogen) atoms. The molecule has 1 unspecified atom stereocenters. The summed E-state index contributed by atoms with van der Waals surface area (Å²) in [5.41, 5.74) is 1.62. The first kappa shape index (κ1) is 13.1. The molecule has 0 saturated heterocycles. The van der Waals surface area contributed by atoms with E-state index in [0.717, 1.165) is 5.69 Å².